The third-order valence-electron chi connectivity index (χ3n) is 5.04. The summed E-state index contributed by atoms with van der Waals surface area (Å²) in [7, 11) is 0. The Balaban J connectivity index is 1.77. The molecule has 1 aromatic heterocycles. The number of ether oxygens (including phenoxy) is 1. The van der Waals surface area contributed by atoms with Gasteiger partial charge in [0.1, 0.15) is 10.0 Å². The maximum Gasteiger partial charge on any atom is 0.266 e. The first-order chi connectivity index (χ1) is 16.0. The summed E-state index contributed by atoms with van der Waals surface area (Å²) >= 11 is 6.67. The molecule has 0 radical (unpaired) electrons. The summed E-state index contributed by atoms with van der Waals surface area (Å²) in [6.45, 7) is 5.01. The van der Waals surface area contributed by atoms with Crippen LogP contribution in [0.2, 0.25) is 0 Å². The van der Waals surface area contributed by atoms with Crippen molar-refractivity contribution in [3.8, 4) is 22.7 Å². The predicted molar refractivity (Wildman–Crippen MR) is 135 cm³/mol. The molecule has 170 valence electrons. The van der Waals surface area contributed by atoms with E-state index >= 15 is 0 Å². The fourth-order valence-corrected chi connectivity index (χ4v) is 4.76. The molecule has 0 saturated carbocycles. The average molecular weight is 482 g/mol. The number of rotatable bonds is 8. The number of halogens is 1. The standard InChI is InChI=1S/C25H24FN3O2S2/c1-3-12-28-24(30)22(33-25(28)32)15-18-16-29(19-8-6-5-7-9-19)27-23(18)17-10-11-21(20(26)14-17)31-13-4-2/h5-11,14-16H,3-4,12-13H2,1-2H3. The lowest BCUT2D eigenvalue weighted by molar-refractivity contribution is -0.122. The van der Waals surface area contributed by atoms with Gasteiger partial charge in [-0.25, -0.2) is 9.07 Å². The summed E-state index contributed by atoms with van der Waals surface area (Å²) < 4.78 is 22.5. The van der Waals surface area contributed by atoms with E-state index in [9.17, 15) is 9.18 Å². The summed E-state index contributed by atoms with van der Waals surface area (Å²) in [4.78, 5) is 15.0. The zero-order valence-electron chi connectivity index (χ0n) is 18.5. The molecule has 0 unspecified atom stereocenters. The minimum atomic E-state index is -0.449. The van der Waals surface area contributed by atoms with E-state index in [4.69, 9.17) is 22.1 Å². The van der Waals surface area contributed by atoms with E-state index in [-0.39, 0.29) is 11.7 Å². The number of amides is 1. The Hall–Kier alpha value is -2.97. The van der Waals surface area contributed by atoms with E-state index < -0.39 is 5.82 Å². The van der Waals surface area contributed by atoms with Gasteiger partial charge in [0.05, 0.1) is 17.2 Å². The molecular weight excluding hydrogens is 457 g/mol. The lowest BCUT2D eigenvalue weighted by atomic mass is 10.1. The van der Waals surface area contributed by atoms with Gasteiger partial charge in [0, 0.05) is 23.9 Å². The maximum atomic E-state index is 14.7. The SMILES string of the molecule is CCCOc1ccc(-c2nn(-c3ccccc3)cc2C=C2SC(=S)N(CCC)C2=O)cc1F. The highest BCUT2D eigenvalue weighted by atomic mass is 32.2. The Bertz CT molecular complexity index is 1210. The first kappa shape index (κ1) is 23.2. The van der Waals surface area contributed by atoms with Crippen molar-refractivity contribution in [1.82, 2.24) is 14.7 Å². The minimum Gasteiger partial charge on any atom is -0.491 e. The van der Waals surface area contributed by atoms with Crippen molar-refractivity contribution in [1.29, 1.82) is 0 Å². The Labute approximate surface area is 202 Å². The quantitative estimate of drug-likeness (QED) is 0.288. The van der Waals surface area contributed by atoms with Gasteiger partial charge in [-0.1, -0.05) is 56.0 Å². The van der Waals surface area contributed by atoms with Crippen LogP contribution in [0.25, 0.3) is 23.0 Å². The number of benzene rings is 2. The second-order valence-corrected chi connectivity index (χ2v) is 9.22. The molecule has 1 amide bonds. The normalized spacial score (nSPS) is 15.0. The van der Waals surface area contributed by atoms with Crippen molar-refractivity contribution < 1.29 is 13.9 Å². The molecule has 1 aliphatic rings. The molecule has 0 atom stereocenters. The van der Waals surface area contributed by atoms with Crippen LogP contribution < -0.4 is 4.74 Å². The van der Waals surface area contributed by atoms with Crippen molar-refractivity contribution in [3.63, 3.8) is 0 Å². The molecule has 0 N–H and O–H groups in total. The van der Waals surface area contributed by atoms with E-state index in [1.807, 2.05) is 50.4 Å². The van der Waals surface area contributed by atoms with Gasteiger partial charge in [0.25, 0.3) is 5.91 Å². The number of thiocarbonyl (C=S) groups is 1. The number of thioether (sulfide) groups is 1. The molecule has 4 rings (SSSR count). The molecule has 8 heteroatoms. The predicted octanol–water partition coefficient (Wildman–Crippen LogP) is 6.08. The molecule has 0 bridgehead atoms. The van der Waals surface area contributed by atoms with Crippen LogP contribution in [0.3, 0.4) is 0 Å². The first-order valence-corrected chi connectivity index (χ1v) is 12.1. The van der Waals surface area contributed by atoms with E-state index in [0.717, 1.165) is 18.5 Å². The number of carbonyl (C=O) groups excluding carboxylic acids is 1. The minimum absolute atomic E-state index is 0.111. The van der Waals surface area contributed by atoms with Crippen LogP contribution >= 0.6 is 24.0 Å². The van der Waals surface area contributed by atoms with E-state index in [1.54, 1.807) is 27.8 Å². The molecule has 0 spiro atoms. The Morgan fingerprint density at radius 1 is 1.15 bits per heavy atom. The molecule has 2 aromatic carbocycles. The van der Waals surface area contributed by atoms with Crippen LogP contribution in [-0.2, 0) is 4.79 Å². The second-order valence-electron chi connectivity index (χ2n) is 7.54. The van der Waals surface area contributed by atoms with Crippen molar-refractivity contribution >= 4 is 40.3 Å². The second kappa shape index (κ2) is 10.3. The molecular formula is C25H24FN3O2S2. The lowest BCUT2D eigenvalue weighted by Gasteiger charge is -2.11. The monoisotopic (exact) mass is 481 g/mol. The van der Waals surface area contributed by atoms with E-state index in [0.29, 0.717) is 39.2 Å². The zero-order valence-corrected chi connectivity index (χ0v) is 20.1. The number of para-hydroxylation sites is 1. The number of hydrogen-bond donors (Lipinski definition) is 0. The summed E-state index contributed by atoms with van der Waals surface area (Å²) in [6, 6.07) is 14.5. The van der Waals surface area contributed by atoms with Gasteiger partial charge in [-0.15, -0.1) is 0 Å². The third-order valence-corrected chi connectivity index (χ3v) is 6.42. The average Bonchev–Trinajstić information content (AvgIpc) is 3.36. The summed E-state index contributed by atoms with van der Waals surface area (Å²) in [5.74, 6) is -0.347. The first-order valence-electron chi connectivity index (χ1n) is 10.8. The van der Waals surface area contributed by atoms with Gasteiger partial charge in [0.2, 0.25) is 0 Å². The molecule has 33 heavy (non-hydrogen) atoms. The summed E-state index contributed by atoms with van der Waals surface area (Å²) in [5, 5.41) is 4.72. The van der Waals surface area contributed by atoms with Gasteiger partial charge < -0.3 is 4.74 Å². The van der Waals surface area contributed by atoms with Crippen molar-refractivity contribution in [2.45, 2.75) is 26.7 Å². The number of nitrogens with zero attached hydrogens (tertiary/aromatic N) is 3. The molecule has 2 heterocycles. The van der Waals surface area contributed by atoms with Gasteiger partial charge in [0.15, 0.2) is 11.6 Å². The molecule has 1 saturated heterocycles. The van der Waals surface area contributed by atoms with Crippen LogP contribution in [-0.4, -0.2) is 38.1 Å². The molecule has 0 aliphatic carbocycles. The van der Waals surface area contributed by atoms with Crippen LogP contribution in [0.4, 0.5) is 4.39 Å². The Morgan fingerprint density at radius 3 is 2.64 bits per heavy atom. The molecule has 3 aromatic rings. The van der Waals surface area contributed by atoms with E-state index in [2.05, 4.69) is 0 Å². The Morgan fingerprint density at radius 2 is 1.94 bits per heavy atom. The highest BCUT2D eigenvalue weighted by molar-refractivity contribution is 8.26. The van der Waals surface area contributed by atoms with Crippen molar-refractivity contribution in [2.24, 2.45) is 0 Å². The highest BCUT2D eigenvalue weighted by Crippen LogP contribution is 2.35. The molecule has 1 aliphatic heterocycles. The topological polar surface area (TPSA) is 47.4 Å². The fraction of sp³-hybridized carbons (Fsp3) is 0.240. The lowest BCUT2D eigenvalue weighted by Crippen LogP contribution is -2.28. The number of hydrogen-bond acceptors (Lipinski definition) is 5. The third kappa shape index (κ3) is 5.02. The highest BCUT2D eigenvalue weighted by Gasteiger charge is 2.31. The number of aromatic nitrogens is 2. The number of carbonyl (C=O) groups is 1. The van der Waals surface area contributed by atoms with Crippen LogP contribution in [0, 0.1) is 5.82 Å². The van der Waals surface area contributed by atoms with E-state index in [1.165, 1.54) is 17.8 Å². The summed E-state index contributed by atoms with van der Waals surface area (Å²) in [6.07, 6.45) is 5.25. The summed E-state index contributed by atoms with van der Waals surface area (Å²) in [5.41, 5.74) is 2.74. The van der Waals surface area contributed by atoms with Crippen molar-refractivity contribution in [2.75, 3.05) is 13.2 Å². The fourth-order valence-electron chi connectivity index (χ4n) is 3.47. The van der Waals surface area contributed by atoms with Gasteiger partial charge >= 0.3 is 0 Å². The molecule has 5 nitrogen and oxygen atoms in total. The Kier molecular flexibility index (Phi) is 7.25. The molecule has 1 fully saturated rings. The van der Waals surface area contributed by atoms with Crippen LogP contribution in [0.15, 0.2) is 59.6 Å². The smallest absolute Gasteiger partial charge is 0.266 e. The zero-order chi connectivity index (χ0) is 23.4. The van der Waals surface area contributed by atoms with Gasteiger partial charge in [-0.05, 0) is 49.2 Å². The van der Waals surface area contributed by atoms with Gasteiger partial charge in [-0.3, -0.25) is 9.69 Å². The van der Waals surface area contributed by atoms with Crippen molar-refractivity contribution in [3.05, 3.63) is 71.0 Å². The van der Waals surface area contributed by atoms with Crippen LogP contribution in [0.1, 0.15) is 32.3 Å². The van der Waals surface area contributed by atoms with Gasteiger partial charge in [-0.2, -0.15) is 5.10 Å². The van der Waals surface area contributed by atoms with Crippen LogP contribution in [0.5, 0.6) is 5.75 Å². The maximum absolute atomic E-state index is 14.7. The largest absolute Gasteiger partial charge is 0.491 e.